The molecule has 1 aromatic heterocycles. The zero-order valence-electron chi connectivity index (χ0n) is 19.6. The summed E-state index contributed by atoms with van der Waals surface area (Å²) in [5.41, 5.74) is 1.14. The molecular weight excluding hydrogens is 438 g/mol. The first-order valence-corrected chi connectivity index (χ1v) is 11.8. The van der Waals surface area contributed by atoms with Gasteiger partial charge in [-0.3, -0.25) is 0 Å². The van der Waals surface area contributed by atoms with Crippen molar-refractivity contribution >= 4 is 22.6 Å². The lowest BCUT2D eigenvalue weighted by Crippen LogP contribution is -2.56. The van der Waals surface area contributed by atoms with Crippen LogP contribution in [0.25, 0.3) is 22.0 Å². The highest BCUT2D eigenvalue weighted by Gasteiger charge is 2.44. The number of fused-ring (bicyclic) bond motifs is 2. The van der Waals surface area contributed by atoms with Gasteiger partial charge in [0.15, 0.2) is 0 Å². The van der Waals surface area contributed by atoms with Crippen LogP contribution in [0, 0.1) is 18.6 Å². The zero-order chi connectivity index (χ0) is 24.2. The van der Waals surface area contributed by atoms with Crippen molar-refractivity contribution in [3.63, 3.8) is 0 Å². The van der Waals surface area contributed by atoms with Crippen molar-refractivity contribution in [1.29, 1.82) is 0 Å². The van der Waals surface area contributed by atoms with Gasteiger partial charge in [-0.15, -0.1) is 0 Å². The number of aryl methyl sites for hydroxylation is 1. The van der Waals surface area contributed by atoms with Gasteiger partial charge in [-0.2, -0.15) is 0 Å². The van der Waals surface area contributed by atoms with Gasteiger partial charge in [0, 0.05) is 34.4 Å². The fraction of sp³-hybridized carbons (Fsp3) is 0.423. The van der Waals surface area contributed by atoms with E-state index in [1.54, 1.807) is 32.2 Å². The minimum atomic E-state index is -1.15. The summed E-state index contributed by atoms with van der Waals surface area (Å²) in [7, 11) is 0. The summed E-state index contributed by atoms with van der Waals surface area (Å²) in [5, 5.41) is 20.7. The number of hydrogen-bond donors (Lipinski definition) is 5. The minimum Gasteiger partial charge on any atom is -0.388 e. The minimum absolute atomic E-state index is 0.0464. The second-order valence-corrected chi connectivity index (χ2v) is 10.1. The van der Waals surface area contributed by atoms with Crippen LogP contribution < -0.4 is 16.0 Å². The van der Waals surface area contributed by atoms with Gasteiger partial charge in [0.25, 0.3) is 0 Å². The Balaban J connectivity index is 1.61. The second-order valence-electron chi connectivity index (χ2n) is 10.1. The van der Waals surface area contributed by atoms with Gasteiger partial charge < -0.3 is 26.0 Å². The molecule has 0 bridgehead atoms. The Labute approximate surface area is 197 Å². The molecule has 0 saturated heterocycles. The molecule has 1 fully saturated rings. The van der Waals surface area contributed by atoms with E-state index in [1.807, 2.05) is 13.0 Å². The topological polar surface area (TPSA) is 89.2 Å². The lowest BCUT2D eigenvalue weighted by molar-refractivity contribution is 0.0702. The largest absolute Gasteiger partial charge is 0.388 e. The number of aliphatic hydroxyl groups excluding tert-OH is 1. The number of anilines is 1. The summed E-state index contributed by atoms with van der Waals surface area (Å²) in [5.74, 6) is -1.52. The van der Waals surface area contributed by atoms with Crippen molar-refractivity contribution < 1.29 is 18.7 Å². The Hall–Kier alpha value is -3.13. The Morgan fingerprint density at radius 1 is 1.18 bits per heavy atom. The molecule has 3 aromatic rings. The van der Waals surface area contributed by atoms with Crippen molar-refractivity contribution in [3.8, 4) is 11.1 Å². The number of nitrogens with one attached hydrogen (secondary N) is 4. The highest BCUT2D eigenvalue weighted by molar-refractivity contribution is 5.96. The van der Waals surface area contributed by atoms with Crippen LogP contribution in [0.2, 0.25) is 0 Å². The van der Waals surface area contributed by atoms with Gasteiger partial charge in [-0.1, -0.05) is 31.0 Å². The first-order chi connectivity index (χ1) is 16.2. The van der Waals surface area contributed by atoms with E-state index in [0.29, 0.717) is 11.1 Å². The molecule has 0 radical (unpaired) electrons. The van der Waals surface area contributed by atoms with E-state index in [-0.39, 0.29) is 22.9 Å². The standard InChI is InChI=1S/C26H30F2N4O2/c1-13-12-29-22-15(13)9-6-10-16(22)19-17(27)11-18-20(21(19)28)23(24(33)26(2,3)32-18)31-25(34)30-14-7-4-5-8-14/h6,9-12,14,23-24,29,32-33H,4-5,7-8H2,1-3H3,(H2,30,31,34)/t23-,24+/m1/s1. The highest BCUT2D eigenvalue weighted by atomic mass is 19.1. The first-order valence-electron chi connectivity index (χ1n) is 11.8. The molecule has 180 valence electrons. The van der Waals surface area contributed by atoms with Crippen LogP contribution in [0.4, 0.5) is 19.3 Å². The molecule has 2 aliphatic rings. The third kappa shape index (κ3) is 3.70. The number of amides is 2. The average molecular weight is 469 g/mol. The van der Waals surface area contributed by atoms with Gasteiger partial charge in [-0.25, -0.2) is 13.6 Å². The lowest BCUT2D eigenvalue weighted by atomic mass is 9.81. The molecule has 2 aromatic carbocycles. The van der Waals surface area contributed by atoms with Crippen LogP contribution in [0.15, 0.2) is 30.5 Å². The van der Waals surface area contributed by atoms with Crippen LogP contribution in [-0.4, -0.2) is 33.8 Å². The number of hydrogen-bond acceptors (Lipinski definition) is 3. The molecule has 1 aliphatic heterocycles. The number of urea groups is 1. The SMILES string of the molecule is Cc1c[nH]c2c(-c3c(F)cc4c(c3F)[C@@H](NC(=O)NC3CCCC3)[C@H](O)C(C)(C)N4)cccc12. The molecule has 5 rings (SSSR count). The van der Waals surface area contributed by atoms with Gasteiger partial charge in [0.05, 0.1) is 22.7 Å². The first kappa shape index (κ1) is 22.7. The summed E-state index contributed by atoms with van der Waals surface area (Å²) in [4.78, 5) is 15.9. The number of aliphatic hydroxyl groups is 1. The van der Waals surface area contributed by atoms with Gasteiger partial charge in [-0.05, 0) is 45.2 Å². The quantitative estimate of drug-likeness (QED) is 0.363. The Kier molecular flexibility index (Phi) is 5.51. The number of halogens is 2. The lowest BCUT2D eigenvalue weighted by Gasteiger charge is -2.44. The molecule has 2 amide bonds. The predicted molar refractivity (Wildman–Crippen MR) is 129 cm³/mol. The van der Waals surface area contributed by atoms with E-state index in [2.05, 4.69) is 20.9 Å². The number of aromatic amines is 1. The van der Waals surface area contributed by atoms with E-state index in [1.165, 1.54) is 6.07 Å². The number of H-pyrrole nitrogens is 1. The van der Waals surface area contributed by atoms with E-state index < -0.39 is 35.4 Å². The van der Waals surface area contributed by atoms with Crippen molar-refractivity contribution in [2.75, 3.05) is 5.32 Å². The van der Waals surface area contributed by atoms with Crippen molar-refractivity contribution in [3.05, 3.63) is 53.2 Å². The molecule has 5 N–H and O–H groups in total. The van der Waals surface area contributed by atoms with E-state index in [4.69, 9.17) is 0 Å². The van der Waals surface area contributed by atoms with Crippen LogP contribution in [0.1, 0.15) is 56.7 Å². The Morgan fingerprint density at radius 3 is 2.65 bits per heavy atom. The molecule has 0 unspecified atom stereocenters. The third-order valence-corrected chi connectivity index (χ3v) is 7.25. The maximum absolute atomic E-state index is 16.2. The smallest absolute Gasteiger partial charge is 0.315 e. The fourth-order valence-electron chi connectivity index (χ4n) is 5.38. The molecule has 2 atom stereocenters. The number of carbonyl (C=O) groups excluding carboxylic acids is 1. The summed E-state index contributed by atoms with van der Waals surface area (Å²) >= 11 is 0. The fourth-order valence-corrected chi connectivity index (χ4v) is 5.38. The van der Waals surface area contributed by atoms with Crippen molar-refractivity contribution in [1.82, 2.24) is 15.6 Å². The highest BCUT2D eigenvalue weighted by Crippen LogP contribution is 2.44. The van der Waals surface area contributed by atoms with E-state index in [9.17, 15) is 9.90 Å². The normalized spacial score (nSPS) is 21.8. The molecule has 1 saturated carbocycles. The maximum Gasteiger partial charge on any atom is 0.315 e. The van der Waals surface area contributed by atoms with Gasteiger partial charge in [0.1, 0.15) is 17.7 Å². The average Bonchev–Trinajstić information content (AvgIpc) is 3.41. The third-order valence-electron chi connectivity index (χ3n) is 7.25. The molecule has 2 heterocycles. The Morgan fingerprint density at radius 2 is 1.91 bits per heavy atom. The number of para-hydroxylation sites is 1. The Bertz CT molecular complexity index is 1260. The van der Waals surface area contributed by atoms with Gasteiger partial charge in [0.2, 0.25) is 0 Å². The van der Waals surface area contributed by atoms with E-state index >= 15 is 8.78 Å². The number of aromatic nitrogens is 1. The molecule has 6 nitrogen and oxygen atoms in total. The summed E-state index contributed by atoms with van der Waals surface area (Å²) in [6.07, 6.45) is 4.55. The van der Waals surface area contributed by atoms with Crippen LogP contribution in [0.5, 0.6) is 0 Å². The van der Waals surface area contributed by atoms with Crippen LogP contribution in [0.3, 0.4) is 0 Å². The van der Waals surface area contributed by atoms with Gasteiger partial charge >= 0.3 is 6.03 Å². The molecule has 1 aliphatic carbocycles. The van der Waals surface area contributed by atoms with Crippen LogP contribution >= 0.6 is 0 Å². The molecule has 34 heavy (non-hydrogen) atoms. The number of carbonyl (C=O) groups is 1. The molecule has 0 spiro atoms. The number of rotatable bonds is 3. The van der Waals surface area contributed by atoms with Crippen LogP contribution in [-0.2, 0) is 0 Å². The molecule has 8 heteroatoms. The monoisotopic (exact) mass is 468 g/mol. The molecular formula is C26H30F2N4O2. The summed E-state index contributed by atoms with van der Waals surface area (Å²) in [6, 6.07) is 5.11. The zero-order valence-corrected chi connectivity index (χ0v) is 19.6. The second kappa shape index (κ2) is 8.27. The summed E-state index contributed by atoms with van der Waals surface area (Å²) in [6.45, 7) is 5.39. The maximum atomic E-state index is 16.2. The summed E-state index contributed by atoms with van der Waals surface area (Å²) < 4.78 is 31.6. The van der Waals surface area contributed by atoms with Crippen molar-refractivity contribution in [2.24, 2.45) is 0 Å². The van der Waals surface area contributed by atoms with E-state index in [0.717, 1.165) is 36.6 Å². The predicted octanol–water partition coefficient (Wildman–Crippen LogP) is 5.27. The number of benzene rings is 2. The van der Waals surface area contributed by atoms with Crippen molar-refractivity contribution in [2.45, 2.75) is 70.2 Å².